The van der Waals surface area contributed by atoms with E-state index in [4.69, 9.17) is 27.3 Å². The third-order valence-electron chi connectivity index (χ3n) is 10.5. The van der Waals surface area contributed by atoms with E-state index >= 15 is 0 Å². The number of aryl methyl sites for hydroxylation is 1. The molecule has 1 aliphatic carbocycles. The molecule has 296 valence electrons. The van der Waals surface area contributed by atoms with Crippen LogP contribution in [0.2, 0.25) is 5.02 Å². The summed E-state index contributed by atoms with van der Waals surface area (Å²) in [7, 11) is 0. The van der Waals surface area contributed by atoms with Gasteiger partial charge in [0.25, 0.3) is 0 Å². The Morgan fingerprint density at radius 1 is 0.891 bits per heavy atom. The zero-order valence-corrected chi connectivity index (χ0v) is 32.6. The second kappa shape index (κ2) is 21.1. The van der Waals surface area contributed by atoms with Gasteiger partial charge in [-0.1, -0.05) is 60.3 Å². The van der Waals surface area contributed by atoms with Crippen LogP contribution in [-0.4, -0.2) is 92.5 Å². The lowest BCUT2D eigenvalue weighted by Crippen LogP contribution is -2.44. The van der Waals surface area contributed by atoms with Crippen LogP contribution in [0.5, 0.6) is 0 Å². The molecule has 7 N–H and O–H groups in total. The minimum Gasteiger partial charge on any atom is -0.367 e. The van der Waals surface area contributed by atoms with Crippen LogP contribution in [0.3, 0.4) is 0 Å². The van der Waals surface area contributed by atoms with Gasteiger partial charge in [-0.25, -0.2) is 4.98 Å². The molecular weight excluding hydrogens is 716 g/mol. The van der Waals surface area contributed by atoms with Gasteiger partial charge in [-0.2, -0.15) is 4.98 Å². The van der Waals surface area contributed by atoms with Crippen molar-refractivity contribution in [1.29, 1.82) is 0 Å². The normalized spacial score (nSPS) is 15.9. The molecule has 0 unspecified atom stereocenters. The number of piperidine rings is 1. The molecule has 1 saturated carbocycles. The van der Waals surface area contributed by atoms with E-state index in [1.54, 1.807) is 12.1 Å². The number of hydrogen-bond donors (Lipinski definition) is 6. The molecule has 0 radical (unpaired) electrons. The average Bonchev–Trinajstić information content (AvgIpc) is 3.68. The first-order valence-corrected chi connectivity index (χ1v) is 20.4. The van der Waals surface area contributed by atoms with Gasteiger partial charge in [-0.3, -0.25) is 14.3 Å². The molecule has 2 aliphatic rings. The number of nitrogens with zero attached hydrogens (tertiary/aromatic N) is 6. The van der Waals surface area contributed by atoms with Crippen LogP contribution in [0, 0.1) is 0 Å². The lowest BCUT2D eigenvalue weighted by atomic mass is 9.95. The van der Waals surface area contributed by atoms with Crippen LogP contribution in [-0.2, 0) is 29.2 Å². The van der Waals surface area contributed by atoms with Crippen molar-refractivity contribution in [3.8, 4) is 0 Å². The number of fused-ring (bicyclic) bond motifs is 1. The number of halogens is 1. The highest BCUT2D eigenvalue weighted by atomic mass is 35.5. The Morgan fingerprint density at radius 3 is 2.49 bits per heavy atom. The van der Waals surface area contributed by atoms with E-state index in [0.717, 1.165) is 85.9 Å². The van der Waals surface area contributed by atoms with Gasteiger partial charge in [0, 0.05) is 55.1 Å². The van der Waals surface area contributed by atoms with Gasteiger partial charge in [-0.05, 0) is 94.4 Å². The Hall–Kier alpha value is -4.37. The summed E-state index contributed by atoms with van der Waals surface area (Å²) in [5, 5.41) is 27.3. The zero-order valence-electron chi connectivity index (χ0n) is 31.8. The fourth-order valence-electron chi connectivity index (χ4n) is 7.24. The van der Waals surface area contributed by atoms with Crippen LogP contribution < -0.4 is 32.3 Å². The molecule has 0 spiro atoms. The number of hydrogen-bond acceptors (Lipinski definition) is 11. The van der Waals surface area contributed by atoms with Crippen LogP contribution in [0.25, 0.3) is 10.9 Å². The highest BCUT2D eigenvalue weighted by molar-refractivity contribution is 6.30. The van der Waals surface area contributed by atoms with Gasteiger partial charge >= 0.3 is 0 Å². The molecule has 6 rings (SSSR count). The lowest BCUT2D eigenvalue weighted by Gasteiger charge is -2.33. The molecule has 2 aromatic carbocycles. The molecule has 1 saturated heterocycles. The maximum atomic E-state index is 13.0. The molecule has 2 aromatic heterocycles. The van der Waals surface area contributed by atoms with E-state index in [1.165, 1.54) is 32.1 Å². The first-order valence-electron chi connectivity index (χ1n) is 20.1. The molecule has 1 atom stereocenters. The second-order valence-electron chi connectivity index (χ2n) is 14.8. The van der Waals surface area contributed by atoms with Crippen LogP contribution >= 0.6 is 11.6 Å². The van der Waals surface area contributed by atoms with Crippen molar-refractivity contribution >= 4 is 46.1 Å². The van der Waals surface area contributed by atoms with Crippen molar-refractivity contribution in [2.75, 3.05) is 43.4 Å². The molecule has 0 bridgehead atoms. The summed E-state index contributed by atoms with van der Waals surface area (Å²) in [6.45, 7) is 5.93. The summed E-state index contributed by atoms with van der Waals surface area (Å²) in [6.07, 6.45) is 13.0. The van der Waals surface area contributed by atoms with Gasteiger partial charge in [-0.15, -0.1) is 5.10 Å². The van der Waals surface area contributed by atoms with Crippen molar-refractivity contribution in [3.05, 3.63) is 71.0 Å². The van der Waals surface area contributed by atoms with E-state index in [2.05, 4.69) is 36.9 Å². The minimum atomic E-state index is -0.753. The number of aromatic nitrogens is 5. The van der Waals surface area contributed by atoms with Gasteiger partial charge in [0.2, 0.25) is 17.8 Å². The van der Waals surface area contributed by atoms with Crippen LogP contribution in [0.1, 0.15) is 81.9 Å². The summed E-state index contributed by atoms with van der Waals surface area (Å²) in [5.41, 5.74) is 8.71. The molecule has 55 heavy (non-hydrogen) atoms. The molecular formula is C40H57ClN12O2. The van der Waals surface area contributed by atoms with E-state index in [0.29, 0.717) is 43.6 Å². The number of likely N-dealkylation sites (tertiary alicyclic amines) is 1. The van der Waals surface area contributed by atoms with Crippen molar-refractivity contribution in [1.82, 2.24) is 45.8 Å². The Morgan fingerprint density at radius 2 is 1.67 bits per heavy atom. The molecule has 15 heteroatoms. The van der Waals surface area contributed by atoms with Crippen molar-refractivity contribution in [3.63, 3.8) is 0 Å². The predicted octanol–water partition coefficient (Wildman–Crippen LogP) is 4.61. The fourth-order valence-corrected chi connectivity index (χ4v) is 7.36. The molecule has 2 amide bonds. The van der Waals surface area contributed by atoms with E-state index in [-0.39, 0.29) is 24.3 Å². The van der Waals surface area contributed by atoms with Gasteiger partial charge in [0.1, 0.15) is 11.5 Å². The third-order valence-corrected chi connectivity index (χ3v) is 10.8. The SMILES string of the molecule is N[C@@H](CCC(=O)N1CCC(Nc2nc(NCc3cn(CCCNCCCNC4CCCCC4)nn3)nc3ccccc23)CC1)C(=O)NCc1ccc(Cl)cc1. The quantitative estimate of drug-likeness (QED) is 0.0692. The number of para-hydroxylation sites is 1. The number of benzene rings is 2. The summed E-state index contributed by atoms with van der Waals surface area (Å²) in [6, 6.07) is 15.3. The Balaban J connectivity index is 0.894. The third kappa shape index (κ3) is 12.8. The highest BCUT2D eigenvalue weighted by Crippen LogP contribution is 2.25. The summed E-state index contributed by atoms with van der Waals surface area (Å²) in [4.78, 5) is 37.0. The molecule has 1 aliphatic heterocycles. The largest absolute Gasteiger partial charge is 0.367 e. The fraction of sp³-hybridized carbons (Fsp3) is 0.550. The van der Waals surface area contributed by atoms with Crippen molar-refractivity contribution in [2.24, 2.45) is 5.73 Å². The number of rotatable bonds is 20. The van der Waals surface area contributed by atoms with Gasteiger partial charge in [0.15, 0.2) is 0 Å². The molecule has 2 fully saturated rings. The van der Waals surface area contributed by atoms with E-state index in [9.17, 15) is 9.59 Å². The molecule has 3 heterocycles. The number of carbonyl (C=O) groups excluding carboxylic acids is 2. The second-order valence-corrected chi connectivity index (χ2v) is 15.2. The van der Waals surface area contributed by atoms with Crippen LogP contribution in [0.15, 0.2) is 54.7 Å². The van der Waals surface area contributed by atoms with Gasteiger partial charge in [0.05, 0.1) is 24.3 Å². The number of amides is 2. The number of carbonyl (C=O) groups is 2. The van der Waals surface area contributed by atoms with Crippen LogP contribution in [0.4, 0.5) is 11.8 Å². The first kappa shape index (κ1) is 40.3. The smallest absolute Gasteiger partial charge is 0.237 e. The van der Waals surface area contributed by atoms with Gasteiger partial charge < -0.3 is 37.2 Å². The average molecular weight is 773 g/mol. The number of nitrogens with two attached hydrogens (primary N) is 1. The van der Waals surface area contributed by atoms with E-state index in [1.807, 2.05) is 52.2 Å². The highest BCUT2D eigenvalue weighted by Gasteiger charge is 2.25. The zero-order chi connectivity index (χ0) is 38.2. The monoisotopic (exact) mass is 772 g/mol. The molecule has 14 nitrogen and oxygen atoms in total. The minimum absolute atomic E-state index is 0.0139. The maximum Gasteiger partial charge on any atom is 0.237 e. The maximum absolute atomic E-state index is 13.0. The lowest BCUT2D eigenvalue weighted by molar-refractivity contribution is -0.132. The summed E-state index contributed by atoms with van der Waals surface area (Å²) < 4.78 is 1.89. The summed E-state index contributed by atoms with van der Waals surface area (Å²) in [5.74, 6) is 1.01. The Bertz CT molecular complexity index is 1790. The number of anilines is 2. The predicted molar refractivity (Wildman–Crippen MR) is 218 cm³/mol. The number of nitrogens with one attached hydrogen (secondary N) is 5. The van der Waals surface area contributed by atoms with Crippen molar-refractivity contribution in [2.45, 2.75) is 108 Å². The Labute approximate surface area is 329 Å². The first-order chi connectivity index (χ1) is 26.9. The molecule has 4 aromatic rings. The van der Waals surface area contributed by atoms with Crippen molar-refractivity contribution < 1.29 is 9.59 Å². The summed E-state index contributed by atoms with van der Waals surface area (Å²) >= 11 is 5.93. The Kier molecular flexibility index (Phi) is 15.4. The topological polar surface area (TPSA) is 180 Å². The standard InChI is InChI=1S/C40H57ClN12O2/c41-30-14-12-29(13-15-30)26-45-39(55)35(42)16-17-37(54)52-24-18-32(19-25-52)47-38-34-10-4-5-11-36(34)48-40(49-38)46-27-33-28-53(51-50-33)23-7-21-43-20-6-22-44-31-8-2-1-3-9-31/h4-5,10-15,28,31-32,35,43-44H,1-3,6-9,16-27,42H2,(H,45,55)(H2,46,47,48,49)/t35-/m0/s1. The van der Waals surface area contributed by atoms with E-state index < -0.39 is 6.04 Å².